The number of hydrogen-bond acceptors (Lipinski definition) is 3. The SMILES string of the molecule is O=C(O)c1ccc(-c2ccc(CNCCc3ccc(F)cc3)o2)cc1.[Cl-]. The second-order valence-electron chi connectivity index (χ2n) is 5.70. The Labute approximate surface area is 157 Å². The summed E-state index contributed by atoms with van der Waals surface area (Å²) in [6, 6.07) is 16.8. The van der Waals surface area contributed by atoms with Crippen LogP contribution in [0.3, 0.4) is 0 Å². The van der Waals surface area contributed by atoms with Crippen LogP contribution in [0.5, 0.6) is 0 Å². The molecule has 0 bridgehead atoms. The van der Waals surface area contributed by atoms with Gasteiger partial charge in [0.2, 0.25) is 0 Å². The van der Waals surface area contributed by atoms with Gasteiger partial charge in [0.1, 0.15) is 17.3 Å². The second-order valence-corrected chi connectivity index (χ2v) is 5.70. The van der Waals surface area contributed by atoms with Gasteiger partial charge in [-0.2, -0.15) is 0 Å². The van der Waals surface area contributed by atoms with Crippen molar-refractivity contribution in [1.82, 2.24) is 5.32 Å². The second kappa shape index (κ2) is 9.17. The van der Waals surface area contributed by atoms with Crippen molar-refractivity contribution >= 4 is 5.97 Å². The molecular formula is C20H18ClFNO3-. The third-order valence-electron chi connectivity index (χ3n) is 3.88. The standard InChI is InChI=1S/C20H18FNO3.ClH/c21-17-7-1-14(2-8-17)11-12-22-13-18-9-10-19(25-18)15-3-5-16(6-4-15)20(23)24;/h1-10,22H,11-13H2,(H,23,24);1H/p-1. The largest absolute Gasteiger partial charge is 1.00 e. The smallest absolute Gasteiger partial charge is 0.335 e. The number of rotatable bonds is 7. The van der Waals surface area contributed by atoms with E-state index in [0.29, 0.717) is 12.3 Å². The van der Waals surface area contributed by atoms with E-state index in [1.165, 1.54) is 12.1 Å². The molecule has 1 heterocycles. The lowest BCUT2D eigenvalue weighted by Gasteiger charge is -2.03. The number of furan rings is 1. The van der Waals surface area contributed by atoms with Crippen LogP contribution in [0.4, 0.5) is 4.39 Å². The molecule has 2 aromatic carbocycles. The number of aromatic carboxylic acids is 1. The number of carboxylic acid groups (broad SMARTS) is 1. The molecule has 0 saturated heterocycles. The molecule has 4 nitrogen and oxygen atoms in total. The number of carbonyl (C=O) groups is 1. The Morgan fingerprint density at radius 2 is 1.69 bits per heavy atom. The Bertz CT molecular complexity index is 844. The van der Waals surface area contributed by atoms with E-state index in [9.17, 15) is 9.18 Å². The average molecular weight is 375 g/mol. The third-order valence-corrected chi connectivity index (χ3v) is 3.88. The van der Waals surface area contributed by atoms with Crippen molar-refractivity contribution in [3.63, 3.8) is 0 Å². The molecule has 3 rings (SSSR count). The Kier molecular flexibility index (Phi) is 6.95. The predicted octanol–water partition coefficient (Wildman–Crippen LogP) is 1.12. The van der Waals surface area contributed by atoms with Gasteiger partial charge in [-0.3, -0.25) is 0 Å². The minimum atomic E-state index is -0.947. The number of benzene rings is 2. The number of nitrogens with one attached hydrogen (secondary N) is 1. The average Bonchev–Trinajstić information content (AvgIpc) is 3.09. The van der Waals surface area contributed by atoms with Gasteiger partial charge < -0.3 is 27.2 Å². The Balaban J connectivity index is 0.00000243. The maximum absolute atomic E-state index is 12.8. The molecule has 6 heteroatoms. The van der Waals surface area contributed by atoms with Crippen molar-refractivity contribution in [2.45, 2.75) is 13.0 Å². The van der Waals surface area contributed by atoms with Gasteiger partial charge >= 0.3 is 5.97 Å². The molecule has 0 amide bonds. The zero-order valence-corrected chi connectivity index (χ0v) is 14.7. The summed E-state index contributed by atoms with van der Waals surface area (Å²) >= 11 is 0. The molecule has 2 N–H and O–H groups in total. The zero-order chi connectivity index (χ0) is 17.6. The van der Waals surface area contributed by atoms with Crippen molar-refractivity contribution in [3.8, 4) is 11.3 Å². The number of hydrogen-bond donors (Lipinski definition) is 2. The first-order valence-electron chi connectivity index (χ1n) is 7.99. The van der Waals surface area contributed by atoms with E-state index < -0.39 is 5.97 Å². The van der Waals surface area contributed by atoms with Crippen LogP contribution < -0.4 is 17.7 Å². The van der Waals surface area contributed by atoms with Gasteiger partial charge in [0.15, 0.2) is 0 Å². The monoisotopic (exact) mass is 374 g/mol. The van der Waals surface area contributed by atoms with Crippen LogP contribution in [0.25, 0.3) is 11.3 Å². The van der Waals surface area contributed by atoms with E-state index in [2.05, 4.69) is 5.32 Å². The lowest BCUT2D eigenvalue weighted by Crippen LogP contribution is -3.00. The molecule has 0 radical (unpaired) electrons. The van der Waals surface area contributed by atoms with Crippen molar-refractivity contribution in [1.29, 1.82) is 0 Å². The van der Waals surface area contributed by atoms with Crippen molar-refractivity contribution in [3.05, 3.63) is 83.4 Å². The lowest BCUT2D eigenvalue weighted by molar-refractivity contribution is -0.0000217. The molecular weight excluding hydrogens is 357 g/mol. The van der Waals surface area contributed by atoms with Crippen LogP contribution >= 0.6 is 0 Å². The first kappa shape index (κ1) is 19.7. The molecule has 0 unspecified atom stereocenters. The van der Waals surface area contributed by atoms with Crippen molar-refractivity contribution in [2.75, 3.05) is 6.54 Å². The number of halogens is 2. The molecule has 0 aliphatic rings. The molecule has 3 aromatic rings. The molecule has 26 heavy (non-hydrogen) atoms. The van der Waals surface area contributed by atoms with Crippen LogP contribution in [0.15, 0.2) is 65.1 Å². The molecule has 0 aliphatic carbocycles. The van der Waals surface area contributed by atoms with Gasteiger partial charge in [0.05, 0.1) is 12.1 Å². The summed E-state index contributed by atoms with van der Waals surface area (Å²) in [6.45, 7) is 1.35. The topological polar surface area (TPSA) is 62.5 Å². The van der Waals surface area contributed by atoms with Gasteiger partial charge in [-0.1, -0.05) is 24.3 Å². The summed E-state index contributed by atoms with van der Waals surface area (Å²) in [5.41, 5.74) is 2.16. The summed E-state index contributed by atoms with van der Waals surface area (Å²) in [4.78, 5) is 10.9. The van der Waals surface area contributed by atoms with Crippen LogP contribution in [-0.2, 0) is 13.0 Å². The Morgan fingerprint density at radius 1 is 1.00 bits per heavy atom. The Morgan fingerprint density at radius 3 is 2.35 bits per heavy atom. The summed E-state index contributed by atoms with van der Waals surface area (Å²) in [5, 5.41) is 12.2. The molecule has 0 fully saturated rings. The normalized spacial score (nSPS) is 10.3. The molecule has 0 spiro atoms. The van der Waals surface area contributed by atoms with Crippen LogP contribution in [0.2, 0.25) is 0 Å². The first-order valence-corrected chi connectivity index (χ1v) is 7.99. The van der Waals surface area contributed by atoms with E-state index in [4.69, 9.17) is 9.52 Å². The highest BCUT2D eigenvalue weighted by molar-refractivity contribution is 5.88. The summed E-state index contributed by atoms with van der Waals surface area (Å²) in [7, 11) is 0. The van der Waals surface area contributed by atoms with Gasteiger partial charge in [0.25, 0.3) is 0 Å². The van der Waals surface area contributed by atoms with Crippen LogP contribution in [0, 0.1) is 5.82 Å². The minimum Gasteiger partial charge on any atom is -1.00 e. The number of carboxylic acids is 1. The van der Waals surface area contributed by atoms with E-state index in [0.717, 1.165) is 29.9 Å². The van der Waals surface area contributed by atoms with Gasteiger partial charge in [-0.15, -0.1) is 0 Å². The van der Waals surface area contributed by atoms with E-state index in [-0.39, 0.29) is 23.8 Å². The maximum atomic E-state index is 12.8. The Hall–Kier alpha value is -2.63. The van der Waals surface area contributed by atoms with Gasteiger partial charge in [-0.05, 0) is 54.9 Å². The van der Waals surface area contributed by atoms with E-state index >= 15 is 0 Å². The van der Waals surface area contributed by atoms with E-state index in [1.807, 2.05) is 12.1 Å². The first-order chi connectivity index (χ1) is 12.1. The van der Waals surface area contributed by atoms with Gasteiger partial charge in [-0.25, -0.2) is 9.18 Å². The van der Waals surface area contributed by atoms with E-state index in [1.54, 1.807) is 36.4 Å². The highest BCUT2D eigenvalue weighted by atomic mass is 35.5. The highest BCUT2D eigenvalue weighted by Crippen LogP contribution is 2.22. The van der Waals surface area contributed by atoms with Gasteiger partial charge in [0, 0.05) is 5.56 Å². The lowest BCUT2D eigenvalue weighted by atomic mass is 10.1. The summed E-state index contributed by atoms with van der Waals surface area (Å²) in [6.07, 6.45) is 0.810. The fraction of sp³-hybridized carbons (Fsp3) is 0.150. The minimum absolute atomic E-state index is 0. The summed E-state index contributed by atoms with van der Waals surface area (Å²) in [5.74, 6) is 0.331. The predicted molar refractivity (Wildman–Crippen MR) is 92.9 cm³/mol. The molecule has 0 saturated carbocycles. The molecule has 136 valence electrons. The zero-order valence-electron chi connectivity index (χ0n) is 13.9. The quantitative estimate of drug-likeness (QED) is 0.608. The molecule has 1 aromatic heterocycles. The molecule has 0 aliphatic heterocycles. The van der Waals surface area contributed by atoms with Crippen LogP contribution in [-0.4, -0.2) is 17.6 Å². The van der Waals surface area contributed by atoms with Crippen molar-refractivity contribution in [2.24, 2.45) is 0 Å². The fourth-order valence-electron chi connectivity index (χ4n) is 2.50. The van der Waals surface area contributed by atoms with Crippen LogP contribution in [0.1, 0.15) is 21.7 Å². The maximum Gasteiger partial charge on any atom is 0.335 e. The highest BCUT2D eigenvalue weighted by Gasteiger charge is 2.07. The molecule has 0 atom stereocenters. The fourth-order valence-corrected chi connectivity index (χ4v) is 2.50. The third kappa shape index (κ3) is 5.18. The summed E-state index contributed by atoms with van der Waals surface area (Å²) < 4.78 is 18.6. The van der Waals surface area contributed by atoms with Crippen molar-refractivity contribution < 1.29 is 31.1 Å².